The summed E-state index contributed by atoms with van der Waals surface area (Å²) >= 11 is 0. The van der Waals surface area contributed by atoms with Gasteiger partial charge in [0.2, 0.25) is 0 Å². The number of aryl methyl sites for hydroxylation is 2. The molecule has 2 heteroatoms. The van der Waals surface area contributed by atoms with Crippen LogP contribution in [0.2, 0.25) is 0 Å². The highest BCUT2D eigenvalue weighted by atomic mass is 15.1. The van der Waals surface area contributed by atoms with Gasteiger partial charge in [0.15, 0.2) is 0 Å². The lowest BCUT2D eigenvalue weighted by molar-refractivity contribution is -0.704. The summed E-state index contributed by atoms with van der Waals surface area (Å²) in [7, 11) is 0. The molecule has 1 aromatic rings. The number of imidazole rings is 1. The SMILES string of the molecule is CCCCCCCCCCCCCCCCCCC[n+]1ccn(CCCCCCCCCCCCCCC)c1CCCCCCCCCCCCC. The van der Waals surface area contributed by atoms with Gasteiger partial charge in [-0.25, -0.2) is 9.13 Å². The Morgan fingerprint density at radius 2 is 0.596 bits per heavy atom. The van der Waals surface area contributed by atoms with Crippen molar-refractivity contribution in [3.05, 3.63) is 18.2 Å². The number of hydrogen-bond acceptors (Lipinski definition) is 0. The number of rotatable bonds is 44. The van der Waals surface area contributed by atoms with E-state index in [1.54, 1.807) is 5.82 Å². The monoisotopic (exact) mass is 728 g/mol. The number of hydrogen-bond donors (Lipinski definition) is 0. The van der Waals surface area contributed by atoms with E-state index in [1.165, 1.54) is 283 Å². The lowest BCUT2D eigenvalue weighted by Crippen LogP contribution is -2.37. The Labute approximate surface area is 329 Å². The molecule has 0 aliphatic heterocycles. The Morgan fingerprint density at radius 1 is 0.327 bits per heavy atom. The third-order valence-electron chi connectivity index (χ3n) is 12.1. The first-order valence-corrected chi connectivity index (χ1v) is 24.9. The summed E-state index contributed by atoms with van der Waals surface area (Å²) in [4.78, 5) is 0. The molecule has 0 amide bonds. The van der Waals surface area contributed by atoms with Crippen molar-refractivity contribution < 1.29 is 4.57 Å². The van der Waals surface area contributed by atoms with Crippen LogP contribution in [-0.4, -0.2) is 4.57 Å². The zero-order valence-electron chi connectivity index (χ0n) is 36.7. The van der Waals surface area contributed by atoms with E-state index in [4.69, 9.17) is 0 Å². The summed E-state index contributed by atoms with van der Waals surface area (Å²) in [6.45, 7) is 9.42. The van der Waals surface area contributed by atoms with E-state index in [9.17, 15) is 0 Å². The molecule has 0 atom stereocenters. The highest BCUT2D eigenvalue weighted by molar-refractivity contribution is 4.84. The largest absolute Gasteiger partial charge is 0.256 e. The zero-order valence-corrected chi connectivity index (χ0v) is 36.7. The molecule has 0 radical (unpaired) electrons. The van der Waals surface area contributed by atoms with Crippen LogP contribution in [0.3, 0.4) is 0 Å². The topological polar surface area (TPSA) is 8.81 Å². The molecule has 0 fully saturated rings. The van der Waals surface area contributed by atoms with E-state index in [0.29, 0.717) is 0 Å². The number of aromatic nitrogens is 2. The fraction of sp³-hybridized carbons (Fsp3) is 0.940. The molecule has 0 aliphatic rings. The van der Waals surface area contributed by atoms with Gasteiger partial charge in [-0.15, -0.1) is 0 Å². The molecule has 0 spiro atoms. The fourth-order valence-corrected chi connectivity index (χ4v) is 8.45. The van der Waals surface area contributed by atoms with Crippen molar-refractivity contribution in [3.8, 4) is 0 Å². The Bertz CT molecular complexity index is 796. The Morgan fingerprint density at radius 3 is 0.923 bits per heavy atom. The zero-order chi connectivity index (χ0) is 37.3. The smallest absolute Gasteiger partial charge is 0.234 e. The second-order valence-electron chi connectivity index (χ2n) is 17.3. The summed E-state index contributed by atoms with van der Waals surface area (Å²) in [5.74, 6) is 1.63. The third-order valence-corrected chi connectivity index (χ3v) is 12.1. The molecular formula is C50H99N2+. The minimum atomic E-state index is 1.23. The molecule has 0 bridgehead atoms. The van der Waals surface area contributed by atoms with E-state index in [-0.39, 0.29) is 0 Å². The van der Waals surface area contributed by atoms with Crippen LogP contribution in [0.4, 0.5) is 0 Å². The molecular weight excluding hydrogens is 629 g/mol. The second kappa shape index (κ2) is 41.4. The van der Waals surface area contributed by atoms with Crippen molar-refractivity contribution in [1.82, 2.24) is 4.57 Å². The maximum absolute atomic E-state index is 2.66. The van der Waals surface area contributed by atoms with Crippen LogP contribution < -0.4 is 4.57 Å². The Hall–Kier alpha value is -0.790. The maximum Gasteiger partial charge on any atom is 0.256 e. The molecule has 0 saturated carbocycles. The average molecular weight is 728 g/mol. The summed E-state index contributed by atoms with van der Waals surface area (Å²) in [6.07, 6.45) is 65.3. The first-order chi connectivity index (χ1) is 25.8. The molecule has 1 rings (SSSR count). The van der Waals surface area contributed by atoms with Crippen LogP contribution in [0, 0.1) is 0 Å². The lowest BCUT2D eigenvalue weighted by atomic mass is 10.0. The molecule has 0 aliphatic carbocycles. The van der Waals surface area contributed by atoms with Crippen LogP contribution >= 0.6 is 0 Å². The third kappa shape index (κ3) is 32.6. The molecule has 52 heavy (non-hydrogen) atoms. The van der Waals surface area contributed by atoms with Gasteiger partial charge in [0, 0.05) is 6.42 Å². The minimum Gasteiger partial charge on any atom is -0.234 e. The van der Waals surface area contributed by atoms with Crippen molar-refractivity contribution in [2.75, 3.05) is 0 Å². The fourth-order valence-electron chi connectivity index (χ4n) is 8.45. The van der Waals surface area contributed by atoms with Gasteiger partial charge in [-0.2, -0.15) is 0 Å². The van der Waals surface area contributed by atoms with Crippen molar-refractivity contribution >= 4 is 0 Å². The maximum atomic E-state index is 2.66. The molecule has 0 saturated heterocycles. The van der Waals surface area contributed by atoms with E-state index in [1.807, 2.05) is 0 Å². The van der Waals surface area contributed by atoms with Gasteiger partial charge in [-0.1, -0.05) is 252 Å². The molecule has 0 N–H and O–H groups in total. The quantitative estimate of drug-likeness (QED) is 0.0467. The molecule has 2 nitrogen and oxygen atoms in total. The number of nitrogens with zero attached hydrogens (tertiary/aromatic N) is 2. The van der Waals surface area contributed by atoms with Crippen LogP contribution in [-0.2, 0) is 19.5 Å². The van der Waals surface area contributed by atoms with Crippen molar-refractivity contribution in [2.24, 2.45) is 0 Å². The predicted molar refractivity (Wildman–Crippen MR) is 235 cm³/mol. The average Bonchev–Trinajstić information content (AvgIpc) is 3.54. The molecule has 0 unspecified atom stereocenters. The van der Waals surface area contributed by atoms with Crippen LogP contribution in [0.5, 0.6) is 0 Å². The van der Waals surface area contributed by atoms with Gasteiger partial charge in [0.05, 0.1) is 13.1 Å². The van der Waals surface area contributed by atoms with E-state index in [2.05, 4.69) is 42.3 Å². The molecule has 0 aromatic carbocycles. The highest BCUT2D eigenvalue weighted by Gasteiger charge is 2.16. The molecule has 308 valence electrons. The first kappa shape index (κ1) is 49.2. The van der Waals surface area contributed by atoms with Crippen molar-refractivity contribution in [2.45, 2.75) is 304 Å². The van der Waals surface area contributed by atoms with Gasteiger partial charge in [0.25, 0.3) is 5.82 Å². The van der Waals surface area contributed by atoms with Gasteiger partial charge in [0.1, 0.15) is 12.4 Å². The highest BCUT2D eigenvalue weighted by Crippen LogP contribution is 2.17. The summed E-state index contributed by atoms with van der Waals surface area (Å²) in [5, 5.41) is 0. The number of unbranched alkanes of at least 4 members (excludes halogenated alkanes) is 38. The van der Waals surface area contributed by atoms with Gasteiger partial charge < -0.3 is 0 Å². The summed E-state index contributed by atoms with van der Waals surface area (Å²) < 4.78 is 5.31. The Kier molecular flexibility index (Phi) is 39.2. The van der Waals surface area contributed by atoms with Crippen LogP contribution in [0.15, 0.2) is 12.4 Å². The Balaban J connectivity index is 2.24. The summed E-state index contributed by atoms with van der Waals surface area (Å²) in [5.41, 5.74) is 0. The summed E-state index contributed by atoms with van der Waals surface area (Å²) in [6, 6.07) is 0. The minimum absolute atomic E-state index is 1.23. The van der Waals surface area contributed by atoms with E-state index < -0.39 is 0 Å². The standard InChI is InChI=1S/C50H99N2/c1-4-7-10-13-16-19-22-24-25-26-27-29-32-35-38-41-44-47-52-49-48-51(46-43-40-37-34-31-28-23-20-17-14-11-8-5-2)50(52)45-42-39-36-33-30-21-18-15-12-9-6-3/h48-49H,4-47H2,1-3H3/q+1. The normalized spacial score (nSPS) is 11.7. The van der Waals surface area contributed by atoms with Crippen LogP contribution in [0.25, 0.3) is 0 Å². The molecule has 1 heterocycles. The second-order valence-corrected chi connectivity index (χ2v) is 17.3. The predicted octanol–water partition coefficient (Wildman–Crippen LogP) is 17.4. The first-order valence-electron chi connectivity index (χ1n) is 24.9. The molecule has 1 aromatic heterocycles. The van der Waals surface area contributed by atoms with Gasteiger partial charge >= 0.3 is 0 Å². The van der Waals surface area contributed by atoms with E-state index >= 15 is 0 Å². The van der Waals surface area contributed by atoms with E-state index in [0.717, 1.165) is 0 Å². The van der Waals surface area contributed by atoms with Crippen LogP contribution in [0.1, 0.15) is 290 Å². The van der Waals surface area contributed by atoms with Gasteiger partial charge in [-0.05, 0) is 32.1 Å². The lowest BCUT2D eigenvalue weighted by Gasteiger charge is -2.07. The van der Waals surface area contributed by atoms with Gasteiger partial charge in [-0.3, -0.25) is 0 Å². The van der Waals surface area contributed by atoms with Crippen molar-refractivity contribution in [3.63, 3.8) is 0 Å². The van der Waals surface area contributed by atoms with Crippen molar-refractivity contribution in [1.29, 1.82) is 0 Å².